The maximum absolute atomic E-state index is 12.3. The van der Waals surface area contributed by atoms with Crippen LogP contribution < -0.4 is 10.5 Å². The number of aromatic nitrogens is 1. The van der Waals surface area contributed by atoms with Gasteiger partial charge in [0.15, 0.2) is 0 Å². The number of nitrogens with zero attached hydrogens (tertiary/aromatic N) is 2. The molecule has 3 rings (SSSR count). The SMILES string of the molecule is NC1=NC(c2ccc(OC(F)F)nc2)(c2cccc(Br)c2)COC1. The molecule has 1 atom stereocenters. The van der Waals surface area contributed by atoms with Crippen LogP contribution in [0.4, 0.5) is 8.78 Å². The van der Waals surface area contributed by atoms with E-state index in [1.54, 1.807) is 6.07 Å². The average molecular weight is 398 g/mol. The summed E-state index contributed by atoms with van der Waals surface area (Å²) in [6, 6.07) is 10.6. The molecule has 1 unspecified atom stereocenters. The number of rotatable bonds is 4. The van der Waals surface area contributed by atoms with E-state index in [9.17, 15) is 8.78 Å². The van der Waals surface area contributed by atoms with E-state index < -0.39 is 12.2 Å². The fraction of sp³-hybridized carbons (Fsp3) is 0.250. The van der Waals surface area contributed by atoms with Gasteiger partial charge in [0.25, 0.3) is 0 Å². The van der Waals surface area contributed by atoms with Gasteiger partial charge in [0.2, 0.25) is 5.88 Å². The molecule has 1 aliphatic rings. The number of halogens is 3. The summed E-state index contributed by atoms with van der Waals surface area (Å²) in [7, 11) is 0. The number of amidine groups is 1. The van der Waals surface area contributed by atoms with E-state index in [-0.39, 0.29) is 19.1 Å². The Hall–Kier alpha value is -2.06. The lowest BCUT2D eigenvalue weighted by Crippen LogP contribution is -2.40. The van der Waals surface area contributed by atoms with Gasteiger partial charge in [-0.3, -0.25) is 4.99 Å². The van der Waals surface area contributed by atoms with Crippen LogP contribution in [-0.4, -0.2) is 30.6 Å². The lowest BCUT2D eigenvalue weighted by molar-refractivity contribution is -0.0528. The molecule has 0 fully saturated rings. The number of ether oxygens (including phenoxy) is 2. The zero-order valence-electron chi connectivity index (χ0n) is 12.5. The highest BCUT2D eigenvalue weighted by Crippen LogP contribution is 2.37. The third kappa shape index (κ3) is 3.39. The zero-order valence-corrected chi connectivity index (χ0v) is 14.0. The molecule has 0 saturated carbocycles. The molecule has 0 radical (unpaired) electrons. The van der Waals surface area contributed by atoms with E-state index in [0.717, 1.165) is 10.0 Å². The summed E-state index contributed by atoms with van der Waals surface area (Å²) in [5.41, 5.74) is 6.52. The first-order valence-corrected chi connectivity index (χ1v) is 7.88. The van der Waals surface area contributed by atoms with Crippen LogP contribution in [0.3, 0.4) is 0 Å². The first-order chi connectivity index (χ1) is 11.5. The third-order valence-electron chi connectivity index (χ3n) is 3.62. The van der Waals surface area contributed by atoms with Crippen molar-refractivity contribution in [2.45, 2.75) is 12.2 Å². The summed E-state index contributed by atoms with van der Waals surface area (Å²) in [5, 5.41) is 0. The lowest BCUT2D eigenvalue weighted by Gasteiger charge is -2.34. The molecule has 2 heterocycles. The van der Waals surface area contributed by atoms with Crippen molar-refractivity contribution in [1.29, 1.82) is 0 Å². The van der Waals surface area contributed by atoms with E-state index in [0.29, 0.717) is 11.4 Å². The first-order valence-electron chi connectivity index (χ1n) is 7.09. The van der Waals surface area contributed by atoms with Gasteiger partial charge < -0.3 is 15.2 Å². The van der Waals surface area contributed by atoms with Gasteiger partial charge in [0.05, 0.1) is 6.61 Å². The Morgan fingerprint density at radius 1 is 1.25 bits per heavy atom. The minimum atomic E-state index is -2.92. The maximum Gasteiger partial charge on any atom is 0.388 e. The normalized spacial score (nSPS) is 20.8. The molecule has 0 aliphatic carbocycles. The smallest absolute Gasteiger partial charge is 0.388 e. The summed E-state index contributed by atoms with van der Waals surface area (Å²) < 4.78 is 35.3. The van der Waals surface area contributed by atoms with Crippen LogP contribution >= 0.6 is 15.9 Å². The minimum Gasteiger partial charge on any atom is -0.417 e. The zero-order chi connectivity index (χ0) is 17.2. The Morgan fingerprint density at radius 2 is 2.08 bits per heavy atom. The predicted octanol–water partition coefficient (Wildman–Crippen LogP) is 3.08. The minimum absolute atomic E-state index is 0.160. The number of nitrogens with two attached hydrogens (primary N) is 1. The fourth-order valence-electron chi connectivity index (χ4n) is 2.61. The third-order valence-corrected chi connectivity index (χ3v) is 4.11. The second-order valence-corrected chi connectivity index (χ2v) is 6.15. The van der Waals surface area contributed by atoms with Crippen LogP contribution in [0.5, 0.6) is 5.88 Å². The van der Waals surface area contributed by atoms with Crippen LogP contribution in [0, 0.1) is 0 Å². The fourth-order valence-corrected chi connectivity index (χ4v) is 3.01. The Bertz CT molecular complexity index is 755. The molecule has 0 bridgehead atoms. The molecule has 1 aliphatic heterocycles. The standard InChI is InChI=1S/C16H14BrF2N3O2/c17-12-3-1-2-10(6-12)16(9-23-8-13(20)22-16)11-4-5-14(21-7-11)24-15(18)19/h1-7,15H,8-9H2,(H2,20,22). The molecule has 2 aromatic rings. The van der Waals surface area contributed by atoms with Crippen molar-refractivity contribution in [3.05, 3.63) is 58.2 Å². The van der Waals surface area contributed by atoms with E-state index >= 15 is 0 Å². The largest absolute Gasteiger partial charge is 0.417 e. The van der Waals surface area contributed by atoms with Crippen molar-refractivity contribution >= 4 is 21.8 Å². The summed E-state index contributed by atoms with van der Waals surface area (Å²) in [4.78, 5) is 8.54. The van der Waals surface area contributed by atoms with Crippen molar-refractivity contribution < 1.29 is 18.3 Å². The van der Waals surface area contributed by atoms with Gasteiger partial charge in [-0.2, -0.15) is 8.78 Å². The van der Waals surface area contributed by atoms with Crippen LogP contribution in [0.1, 0.15) is 11.1 Å². The Kier molecular flexibility index (Phi) is 4.77. The maximum atomic E-state index is 12.3. The van der Waals surface area contributed by atoms with Crippen molar-refractivity contribution in [1.82, 2.24) is 4.98 Å². The van der Waals surface area contributed by atoms with Crippen molar-refractivity contribution in [3.8, 4) is 5.88 Å². The Balaban J connectivity index is 2.07. The van der Waals surface area contributed by atoms with E-state index in [1.807, 2.05) is 24.3 Å². The number of aliphatic imine (C=N–C) groups is 1. The van der Waals surface area contributed by atoms with Gasteiger partial charge in [-0.1, -0.05) is 28.1 Å². The molecule has 126 valence electrons. The second-order valence-electron chi connectivity index (χ2n) is 5.23. The summed E-state index contributed by atoms with van der Waals surface area (Å²) in [6.45, 7) is -2.41. The van der Waals surface area contributed by atoms with Crippen molar-refractivity contribution in [2.24, 2.45) is 10.7 Å². The molecule has 0 amide bonds. The molecule has 8 heteroatoms. The van der Waals surface area contributed by atoms with Crippen LogP contribution in [0.2, 0.25) is 0 Å². The van der Waals surface area contributed by atoms with E-state index in [4.69, 9.17) is 10.5 Å². The van der Waals surface area contributed by atoms with Crippen molar-refractivity contribution in [3.63, 3.8) is 0 Å². The second kappa shape index (κ2) is 6.82. The molecule has 5 nitrogen and oxygen atoms in total. The molecular weight excluding hydrogens is 384 g/mol. The molecule has 0 saturated heterocycles. The molecule has 1 aromatic carbocycles. The number of benzene rings is 1. The first kappa shape index (κ1) is 16.8. The molecule has 24 heavy (non-hydrogen) atoms. The van der Waals surface area contributed by atoms with E-state index in [1.165, 1.54) is 12.3 Å². The quantitative estimate of drug-likeness (QED) is 0.860. The highest BCUT2D eigenvalue weighted by Gasteiger charge is 2.37. The van der Waals surface area contributed by atoms with Crippen LogP contribution in [0.25, 0.3) is 0 Å². The summed E-state index contributed by atoms with van der Waals surface area (Å²) in [6.07, 6.45) is 1.45. The average Bonchev–Trinajstić information content (AvgIpc) is 2.55. The topological polar surface area (TPSA) is 69.7 Å². The highest BCUT2D eigenvalue weighted by atomic mass is 79.9. The van der Waals surface area contributed by atoms with Crippen molar-refractivity contribution in [2.75, 3.05) is 13.2 Å². The van der Waals surface area contributed by atoms with Crippen LogP contribution in [-0.2, 0) is 10.3 Å². The van der Waals surface area contributed by atoms with Gasteiger partial charge in [-0.05, 0) is 23.8 Å². The number of hydrogen-bond acceptors (Lipinski definition) is 5. The molecular formula is C16H14BrF2N3O2. The molecule has 2 N–H and O–H groups in total. The Morgan fingerprint density at radius 3 is 2.71 bits per heavy atom. The highest BCUT2D eigenvalue weighted by molar-refractivity contribution is 9.10. The van der Waals surface area contributed by atoms with Gasteiger partial charge >= 0.3 is 6.61 Å². The lowest BCUT2D eigenvalue weighted by atomic mass is 9.84. The van der Waals surface area contributed by atoms with Gasteiger partial charge in [0, 0.05) is 22.3 Å². The van der Waals surface area contributed by atoms with E-state index in [2.05, 4.69) is 30.6 Å². The van der Waals surface area contributed by atoms with Gasteiger partial charge in [0.1, 0.15) is 18.0 Å². The Labute approximate surface area is 145 Å². The molecule has 0 spiro atoms. The number of alkyl halides is 2. The van der Waals surface area contributed by atoms with Crippen LogP contribution in [0.15, 0.2) is 52.1 Å². The molecule has 1 aromatic heterocycles. The number of hydrogen-bond donors (Lipinski definition) is 1. The monoisotopic (exact) mass is 397 g/mol. The summed E-state index contributed by atoms with van der Waals surface area (Å²) >= 11 is 3.44. The van der Waals surface area contributed by atoms with Gasteiger partial charge in [-0.25, -0.2) is 4.98 Å². The predicted molar refractivity (Wildman–Crippen MR) is 88.2 cm³/mol. The summed E-state index contributed by atoms with van der Waals surface area (Å²) in [5.74, 6) is 0.195. The number of pyridine rings is 1. The van der Waals surface area contributed by atoms with Gasteiger partial charge in [-0.15, -0.1) is 0 Å².